The Morgan fingerprint density at radius 1 is 1.36 bits per heavy atom. The smallest absolute Gasteiger partial charge is 0.316 e. The SMILES string of the molecule is COC(=O)[C@H]1C(=O)[C@H](C(=O)c2cc(C)no2)C(=O)CC1(C)C. The number of hydrogen-bond donors (Lipinski definition) is 0. The second-order valence-corrected chi connectivity index (χ2v) is 6.12. The van der Waals surface area contributed by atoms with Gasteiger partial charge in [-0.1, -0.05) is 19.0 Å². The van der Waals surface area contributed by atoms with Crippen LogP contribution in [0.1, 0.15) is 36.5 Å². The van der Waals surface area contributed by atoms with Crippen molar-refractivity contribution in [2.75, 3.05) is 7.11 Å². The zero-order chi connectivity index (χ0) is 16.7. The number of esters is 1. The van der Waals surface area contributed by atoms with E-state index in [1.165, 1.54) is 13.2 Å². The summed E-state index contributed by atoms with van der Waals surface area (Å²) in [6, 6.07) is 1.36. The minimum absolute atomic E-state index is 0.0674. The zero-order valence-electron chi connectivity index (χ0n) is 12.8. The average Bonchev–Trinajstić information content (AvgIpc) is 2.83. The lowest BCUT2D eigenvalue weighted by molar-refractivity contribution is -0.159. The maximum Gasteiger partial charge on any atom is 0.316 e. The predicted molar refractivity (Wildman–Crippen MR) is 73.0 cm³/mol. The topological polar surface area (TPSA) is 104 Å². The fourth-order valence-corrected chi connectivity index (χ4v) is 2.81. The summed E-state index contributed by atoms with van der Waals surface area (Å²) in [5, 5.41) is 3.57. The summed E-state index contributed by atoms with van der Waals surface area (Å²) in [5.74, 6) is -5.62. The van der Waals surface area contributed by atoms with Crippen LogP contribution in [-0.2, 0) is 19.1 Å². The van der Waals surface area contributed by atoms with Gasteiger partial charge in [0, 0.05) is 12.5 Å². The summed E-state index contributed by atoms with van der Waals surface area (Å²) in [6.07, 6.45) is -0.0674. The van der Waals surface area contributed by atoms with E-state index in [1.54, 1.807) is 20.8 Å². The van der Waals surface area contributed by atoms with E-state index in [2.05, 4.69) is 9.89 Å². The molecule has 0 aromatic carbocycles. The third-order valence-corrected chi connectivity index (χ3v) is 3.87. The number of hydrogen-bond acceptors (Lipinski definition) is 7. The quantitative estimate of drug-likeness (QED) is 0.468. The first-order valence-corrected chi connectivity index (χ1v) is 6.81. The molecule has 0 bridgehead atoms. The van der Waals surface area contributed by atoms with E-state index in [9.17, 15) is 19.2 Å². The molecule has 0 spiro atoms. The van der Waals surface area contributed by atoms with Crippen molar-refractivity contribution in [3.8, 4) is 0 Å². The third kappa shape index (κ3) is 2.58. The van der Waals surface area contributed by atoms with Crippen LogP contribution in [0.25, 0.3) is 0 Å². The average molecular weight is 307 g/mol. The first kappa shape index (κ1) is 16.1. The van der Waals surface area contributed by atoms with Crippen molar-refractivity contribution in [3.05, 3.63) is 17.5 Å². The molecular formula is C15H17NO6. The van der Waals surface area contributed by atoms with Crippen LogP contribution >= 0.6 is 0 Å². The monoisotopic (exact) mass is 307 g/mol. The van der Waals surface area contributed by atoms with E-state index >= 15 is 0 Å². The first-order valence-electron chi connectivity index (χ1n) is 6.81. The molecule has 118 valence electrons. The molecule has 0 saturated heterocycles. The molecular weight excluding hydrogens is 290 g/mol. The Hall–Kier alpha value is -2.31. The van der Waals surface area contributed by atoms with Gasteiger partial charge in [0.25, 0.3) is 0 Å². The van der Waals surface area contributed by atoms with Gasteiger partial charge in [-0.25, -0.2) is 0 Å². The van der Waals surface area contributed by atoms with E-state index in [0.29, 0.717) is 5.69 Å². The van der Waals surface area contributed by atoms with Gasteiger partial charge in [0.2, 0.25) is 11.5 Å². The molecule has 0 N–H and O–H groups in total. The maximum absolute atomic E-state index is 12.6. The zero-order valence-corrected chi connectivity index (χ0v) is 12.8. The second kappa shape index (κ2) is 5.47. The normalized spacial score (nSPS) is 24.2. The van der Waals surface area contributed by atoms with Crippen LogP contribution in [0.3, 0.4) is 0 Å². The lowest BCUT2D eigenvalue weighted by atomic mass is 9.63. The number of aromatic nitrogens is 1. The van der Waals surface area contributed by atoms with Crippen molar-refractivity contribution in [2.45, 2.75) is 27.2 Å². The number of ether oxygens (including phenoxy) is 1. The van der Waals surface area contributed by atoms with E-state index in [1.807, 2.05) is 0 Å². The molecule has 7 nitrogen and oxygen atoms in total. The number of carbonyl (C=O) groups is 4. The fourth-order valence-electron chi connectivity index (χ4n) is 2.81. The highest BCUT2D eigenvalue weighted by molar-refractivity contribution is 6.28. The Kier molecular flexibility index (Phi) is 4.00. The van der Waals surface area contributed by atoms with E-state index in [4.69, 9.17) is 4.52 Å². The van der Waals surface area contributed by atoms with E-state index < -0.39 is 40.6 Å². The van der Waals surface area contributed by atoms with Crippen molar-refractivity contribution < 1.29 is 28.4 Å². The lowest BCUT2D eigenvalue weighted by Gasteiger charge is -2.37. The molecule has 0 amide bonds. The number of methoxy groups -OCH3 is 1. The largest absolute Gasteiger partial charge is 0.468 e. The summed E-state index contributed by atoms with van der Waals surface area (Å²) in [4.78, 5) is 49.1. The van der Waals surface area contributed by atoms with Gasteiger partial charge in [-0.15, -0.1) is 0 Å². The summed E-state index contributed by atoms with van der Waals surface area (Å²) in [7, 11) is 1.17. The molecule has 2 atom stereocenters. The number of rotatable bonds is 3. The van der Waals surface area contributed by atoms with Gasteiger partial charge < -0.3 is 9.26 Å². The summed E-state index contributed by atoms with van der Waals surface area (Å²) in [6.45, 7) is 4.87. The van der Waals surface area contributed by atoms with Crippen molar-refractivity contribution in [3.63, 3.8) is 0 Å². The molecule has 0 aliphatic heterocycles. The Balaban J connectivity index is 2.40. The van der Waals surface area contributed by atoms with Crippen LogP contribution in [-0.4, -0.2) is 35.6 Å². The van der Waals surface area contributed by atoms with Crippen molar-refractivity contribution in [2.24, 2.45) is 17.3 Å². The van der Waals surface area contributed by atoms with Crippen LogP contribution in [0.2, 0.25) is 0 Å². The number of aryl methyl sites for hydroxylation is 1. The number of carbonyl (C=O) groups excluding carboxylic acids is 4. The van der Waals surface area contributed by atoms with Gasteiger partial charge in [0.05, 0.1) is 12.8 Å². The van der Waals surface area contributed by atoms with E-state index in [-0.39, 0.29) is 12.2 Å². The molecule has 0 radical (unpaired) electrons. The second-order valence-electron chi connectivity index (χ2n) is 6.12. The molecule has 1 aromatic heterocycles. The van der Waals surface area contributed by atoms with Crippen molar-refractivity contribution >= 4 is 23.3 Å². The van der Waals surface area contributed by atoms with Gasteiger partial charge in [0.1, 0.15) is 11.8 Å². The summed E-state index contributed by atoms with van der Waals surface area (Å²) in [5.41, 5.74) is -0.432. The van der Waals surface area contributed by atoms with Crippen LogP contribution in [0, 0.1) is 24.2 Å². The predicted octanol–water partition coefficient (Wildman–Crippen LogP) is 1.14. The Bertz CT molecular complexity index is 657. The summed E-state index contributed by atoms with van der Waals surface area (Å²) < 4.78 is 9.48. The van der Waals surface area contributed by atoms with Crippen LogP contribution in [0.5, 0.6) is 0 Å². The maximum atomic E-state index is 12.6. The molecule has 1 heterocycles. The van der Waals surface area contributed by atoms with Gasteiger partial charge in [-0.05, 0) is 12.3 Å². The lowest BCUT2D eigenvalue weighted by Crippen LogP contribution is -2.51. The minimum atomic E-state index is -1.54. The standard InChI is InChI=1S/C15H17NO6/c1-7-5-9(22-16-7)12(18)10-8(17)6-15(2,3)11(13(10)19)14(20)21-4/h5,10-11H,6H2,1-4H3/t10-,11+/m0/s1. The van der Waals surface area contributed by atoms with Gasteiger partial charge in [-0.2, -0.15) is 0 Å². The van der Waals surface area contributed by atoms with Gasteiger partial charge >= 0.3 is 5.97 Å². The Labute approximate surface area is 127 Å². The van der Waals surface area contributed by atoms with Gasteiger partial charge in [0.15, 0.2) is 11.6 Å². The molecule has 1 saturated carbocycles. The highest BCUT2D eigenvalue weighted by Gasteiger charge is 2.54. The molecule has 1 aliphatic rings. The number of ketones is 3. The first-order chi connectivity index (χ1) is 10.2. The highest BCUT2D eigenvalue weighted by Crippen LogP contribution is 2.40. The molecule has 22 heavy (non-hydrogen) atoms. The number of nitrogens with zero attached hydrogens (tertiary/aromatic N) is 1. The van der Waals surface area contributed by atoms with Crippen molar-refractivity contribution in [1.82, 2.24) is 5.16 Å². The third-order valence-electron chi connectivity index (χ3n) is 3.87. The molecule has 1 fully saturated rings. The van der Waals surface area contributed by atoms with E-state index in [0.717, 1.165) is 0 Å². The summed E-state index contributed by atoms with van der Waals surface area (Å²) >= 11 is 0. The molecule has 1 aliphatic carbocycles. The number of Topliss-reactive ketones (excluding diaryl/α,β-unsaturated/α-hetero) is 3. The minimum Gasteiger partial charge on any atom is -0.468 e. The molecule has 2 rings (SSSR count). The fraction of sp³-hybridized carbons (Fsp3) is 0.533. The van der Waals surface area contributed by atoms with Crippen LogP contribution in [0.4, 0.5) is 0 Å². The van der Waals surface area contributed by atoms with Gasteiger partial charge in [-0.3, -0.25) is 19.2 Å². The highest BCUT2D eigenvalue weighted by atomic mass is 16.5. The van der Waals surface area contributed by atoms with Crippen LogP contribution in [0.15, 0.2) is 10.6 Å². The molecule has 7 heteroatoms. The molecule has 0 unspecified atom stereocenters. The Morgan fingerprint density at radius 2 is 2.00 bits per heavy atom. The van der Waals surface area contributed by atoms with Crippen LogP contribution < -0.4 is 0 Å². The molecule has 1 aromatic rings. The van der Waals surface area contributed by atoms with Crippen molar-refractivity contribution in [1.29, 1.82) is 0 Å². The Morgan fingerprint density at radius 3 is 2.50 bits per heavy atom.